The summed E-state index contributed by atoms with van der Waals surface area (Å²) in [6.45, 7) is 0.561. The van der Waals surface area contributed by atoms with E-state index in [9.17, 15) is 9.59 Å². The maximum Gasteiger partial charge on any atom is 0.249 e. The number of hydrogen-bond donors (Lipinski definition) is 1. The highest BCUT2D eigenvalue weighted by atomic mass is 16.2. The van der Waals surface area contributed by atoms with Crippen molar-refractivity contribution in [1.29, 1.82) is 0 Å². The largest absolute Gasteiger partial charge is 0.367 e. The van der Waals surface area contributed by atoms with Gasteiger partial charge in [0.1, 0.15) is 0 Å². The van der Waals surface area contributed by atoms with Crippen molar-refractivity contribution in [1.82, 2.24) is 14.9 Å². The molecule has 124 valence electrons. The molecule has 0 radical (unpaired) electrons. The molecule has 1 aliphatic heterocycles. The maximum atomic E-state index is 12.9. The molecule has 3 rings (SSSR count). The van der Waals surface area contributed by atoms with Gasteiger partial charge in [0.2, 0.25) is 11.8 Å². The number of carbonyl (C=O) groups is 2. The van der Waals surface area contributed by atoms with E-state index in [1.165, 1.54) is 19.3 Å². The number of primary amides is 1. The zero-order chi connectivity index (χ0) is 16.3. The third kappa shape index (κ3) is 2.94. The molecule has 0 bridgehead atoms. The molecule has 6 nitrogen and oxygen atoms in total. The normalized spacial score (nSPS) is 25.5. The molecular formula is C17H24N4O2. The summed E-state index contributed by atoms with van der Waals surface area (Å²) in [7, 11) is 0. The maximum absolute atomic E-state index is 12.9. The second-order valence-corrected chi connectivity index (χ2v) is 6.67. The van der Waals surface area contributed by atoms with E-state index in [2.05, 4.69) is 9.97 Å². The van der Waals surface area contributed by atoms with Crippen LogP contribution in [0.4, 0.5) is 0 Å². The quantitative estimate of drug-likeness (QED) is 0.916. The first-order valence-corrected chi connectivity index (χ1v) is 8.51. The van der Waals surface area contributed by atoms with Crippen molar-refractivity contribution < 1.29 is 9.59 Å². The predicted octanol–water partition coefficient (Wildman–Crippen LogP) is 1.75. The smallest absolute Gasteiger partial charge is 0.249 e. The molecule has 0 unspecified atom stereocenters. The molecule has 2 N–H and O–H groups in total. The van der Waals surface area contributed by atoms with E-state index in [-0.39, 0.29) is 5.91 Å². The van der Waals surface area contributed by atoms with Gasteiger partial charge in [0, 0.05) is 25.4 Å². The molecule has 0 aromatic carbocycles. The number of amides is 2. The second-order valence-electron chi connectivity index (χ2n) is 6.67. The average molecular weight is 316 g/mol. The van der Waals surface area contributed by atoms with Gasteiger partial charge in [-0.1, -0.05) is 19.3 Å². The minimum absolute atomic E-state index is 0.0267. The Morgan fingerprint density at radius 2 is 2.00 bits per heavy atom. The van der Waals surface area contributed by atoms with Crippen LogP contribution in [-0.4, -0.2) is 33.2 Å². The first-order valence-electron chi connectivity index (χ1n) is 8.51. The minimum atomic E-state index is -1.12. The van der Waals surface area contributed by atoms with Crippen LogP contribution in [0.2, 0.25) is 0 Å². The number of carbonyl (C=O) groups excluding carboxylic acids is 2. The monoisotopic (exact) mass is 316 g/mol. The number of likely N-dealkylation sites (tertiary alicyclic amines) is 1. The SMILES string of the molecule is NC(=O)[C@@]1(c2cnccn2)CCCN1C(=O)CC1CCCCC1. The summed E-state index contributed by atoms with van der Waals surface area (Å²) in [5.74, 6) is -0.0457. The summed E-state index contributed by atoms with van der Waals surface area (Å²) in [6, 6.07) is 0. The third-order valence-electron chi connectivity index (χ3n) is 5.26. The predicted molar refractivity (Wildman–Crippen MR) is 85.0 cm³/mol. The lowest BCUT2D eigenvalue weighted by molar-refractivity contribution is -0.145. The summed E-state index contributed by atoms with van der Waals surface area (Å²) in [5, 5.41) is 0. The van der Waals surface area contributed by atoms with Gasteiger partial charge in [-0.25, -0.2) is 0 Å². The lowest BCUT2D eigenvalue weighted by atomic mass is 9.85. The van der Waals surface area contributed by atoms with Crippen LogP contribution in [0.15, 0.2) is 18.6 Å². The zero-order valence-electron chi connectivity index (χ0n) is 13.4. The Balaban J connectivity index is 1.84. The average Bonchev–Trinajstić information content (AvgIpc) is 3.03. The van der Waals surface area contributed by atoms with Crippen LogP contribution in [-0.2, 0) is 15.1 Å². The molecule has 2 fully saturated rings. The molecule has 0 spiro atoms. The highest BCUT2D eigenvalue weighted by Crippen LogP contribution is 2.39. The topological polar surface area (TPSA) is 89.2 Å². The van der Waals surface area contributed by atoms with Crippen molar-refractivity contribution in [2.75, 3.05) is 6.54 Å². The fourth-order valence-electron chi connectivity index (χ4n) is 4.07. The summed E-state index contributed by atoms with van der Waals surface area (Å²) >= 11 is 0. The molecule has 1 aromatic rings. The molecule has 2 heterocycles. The van der Waals surface area contributed by atoms with E-state index in [1.807, 2.05) is 0 Å². The first kappa shape index (κ1) is 15.9. The van der Waals surface area contributed by atoms with Crippen LogP contribution in [0.25, 0.3) is 0 Å². The molecular weight excluding hydrogens is 292 g/mol. The van der Waals surface area contributed by atoms with Gasteiger partial charge in [-0.3, -0.25) is 19.6 Å². The molecule has 2 amide bonds. The van der Waals surface area contributed by atoms with Crippen LogP contribution < -0.4 is 5.73 Å². The van der Waals surface area contributed by atoms with Crippen molar-refractivity contribution in [2.45, 2.75) is 56.9 Å². The van der Waals surface area contributed by atoms with E-state index < -0.39 is 11.4 Å². The number of nitrogens with zero attached hydrogens (tertiary/aromatic N) is 3. The molecule has 1 aromatic heterocycles. The highest BCUT2D eigenvalue weighted by Gasteiger charge is 2.51. The van der Waals surface area contributed by atoms with Crippen molar-refractivity contribution in [3.63, 3.8) is 0 Å². The number of rotatable bonds is 4. The van der Waals surface area contributed by atoms with Crippen molar-refractivity contribution in [2.24, 2.45) is 11.7 Å². The van der Waals surface area contributed by atoms with Gasteiger partial charge in [0.05, 0.1) is 11.9 Å². The number of hydrogen-bond acceptors (Lipinski definition) is 4. The van der Waals surface area contributed by atoms with E-state index in [0.717, 1.165) is 19.3 Å². The van der Waals surface area contributed by atoms with Gasteiger partial charge < -0.3 is 10.6 Å². The molecule has 1 saturated carbocycles. The Hall–Kier alpha value is -1.98. The van der Waals surface area contributed by atoms with Crippen molar-refractivity contribution in [3.05, 3.63) is 24.3 Å². The number of aromatic nitrogens is 2. The fraction of sp³-hybridized carbons (Fsp3) is 0.647. The van der Waals surface area contributed by atoms with Crippen LogP contribution in [0.1, 0.15) is 57.1 Å². The third-order valence-corrected chi connectivity index (χ3v) is 5.26. The van der Waals surface area contributed by atoms with Crippen molar-refractivity contribution in [3.8, 4) is 0 Å². The summed E-state index contributed by atoms with van der Waals surface area (Å²) in [5.41, 5.74) is 5.09. The van der Waals surface area contributed by atoms with Gasteiger partial charge in [-0.05, 0) is 31.6 Å². The van der Waals surface area contributed by atoms with E-state index in [4.69, 9.17) is 5.73 Å². The van der Waals surface area contributed by atoms with E-state index in [0.29, 0.717) is 31.0 Å². The van der Waals surface area contributed by atoms with E-state index >= 15 is 0 Å². The summed E-state index contributed by atoms with van der Waals surface area (Å²) < 4.78 is 0. The van der Waals surface area contributed by atoms with Crippen LogP contribution in [0, 0.1) is 5.92 Å². The highest BCUT2D eigenvalue weighted by molar-refractivity contribution is 5.91. The molecule has 2 aliphatic rings. The van der Waals surface area contributed by atoms with Gasteiger partial charge >= 0.3 is 0 Å². The lowest BCUT2D eigenvalue weighted by Crippen LogP contribution is -2.54. The molecule has 1 aliphatic carbocycles. The lowest BCUT2D eigenvalue weighted by Gasteiger charge is -2.36. The van der Waals surface area contributed by atoms with E-state index in [1.54, 1.807) is 23.5 Å². The molecule has 1 saturated heterocycles. The Bertz CT molecular complexity index is 571. The zero-order valence-corrected chi connectivity index (χ0v) is 13.4. The summed E-state index contributed by atoms with van der Waals surface area (Å²) in [4.78, 5) is 35.2. The fourth-order valence-corrected chi connectivity index (χ4v) is 4.07. The first-order chi connectivity index (χ1) is 11.1. The van der Waals surface area contributed by atoms with Gasteiger partial charge in [-0.2, -0.15) is 0 Å². The molecule has 6 heteroatoms. The van der Waals surface area contributed by atoms with Gasteiger partial charge in [-0.15, -0.1) is 0 Å². The Morgan fingerprint density at radius 3 is 2.65 bits per heavy atom. The van der Waals surface area contributed by atoms with Crippen LogP contribution >= 0.6 is 0 Å². The van der Waals surface area contributed by atoms with Crippen LogP contribution in [0.5, 0.6) is 0 Å². The Kier molecular flexibility index (Phi) is 4.59. The van der Waals surface area contributed by atoms with Crippen LogP contribution in [0.3, 0.4) is 0 Å². The molecule has 23 heavy (non-hydrogen) atoms. The molecule has 1 atom stereocenters. The number of nitrogens with two attached hydrogens (primary N) is 1. The van der Waals surface area contributed by atoms with Crippen molar-refractivity contribution >= 4 is 11.8 Å². The Morgan fingerprint density at radius 1 is 1.22 bits per heavy atom. The second kappa shape index (κ2) is 6.64. The summed E-state index contributed by atoms with van der Waals surface area (Å²) in [6.07, 6.45) is 12.3. The van der Waals surface area contributed by atoms with Gasteiger partial charge in [0.15, 0.2) is 5.54 Å². The Labute approximate surface area is 136 Å². The standard InChI is InChI=1S/C17H24N4O2/c18-16(23)17(14-12-19-8-9-20-14)7-4-10-21(17)15(22)11-13-5-2-1-3-6-13/h8-9,12-13H,1-7,10-11H2,(H2,18,23)/t17-/m0/s1. The van der Waals surface area contributed by atoms with Gasteiger partial charge in [0.25, 0.3) is 0 Å². The minimum Gasteiger partial charge on any atom is -0.367 e.